The molecule has 1 aromatic heterocycles. The summed E-state index contributed by atoms with van der Waals surface area (Å²) < 4.78 is 14.3. The minimum atomic E-state index is -1.08. The molecule has 0 saturated heterocycles. The van der Waals surface area contributed by atoms with Crippen LogP contribution in [0.4, 0.5) is 4.39 Å². The Morgan fingerprint density at radius 1 is 1.26 bits per heavy atom. The van der Waals surface area contributed by atoms with Gasteiger partial charge in [-0.05, 0) is 42.7 Å². The van der Waals surface area contributed by atoms with Gasteiger partial charge in [-0.3, -0.25) is 4.79 Å². The third-order valence-electron chi connectivity index (χ3n) is 3.22. The normalized spacial score (nSPS) is 12.2. The molecule has 7 heteroatoms. The van der Waals surface area contributed by atoms with Crippen LogP contribution in [0.25, 0.3) is 5.69 Å². The van der Waals surface area contributed by atoms with Crippen molar-refractivity contribution in [3.63, 3.8) is 0 Å². The summed E-state index contributed by atoms with van der Waals surface area (Å²) in [4.78, 5) is 23.3. The molecule has 2 aromatic rings. The second-order valence-corrected chi connectivity index (χ2v) is 5.62. The van der Waals surface area contributed by atoms with Crippen molar-refractivity contribution in [2.75, 3.05) is 0 Å². The number of carboxylic acid groups (broad SMARTS) is 1. The van der Waals surface area contributed by atoms with Crippen molar-refractivity contribution < 1.29 is 19.1 Å². The predicted octanol–water partition coefficient (Wildman–Crippen LogP) is 2.24. The van der Waals surface area contributed by atoms with Crippen molar-refractivity contribution in [2.45, 2.75) is 26.3 Å². The van der Waals surface area contributed by atoms with Crippen LogP contribution in [-0.2, 0) is 4.79 Å². The fourth-order valence-corrected chi connectivity index (χ4v) is 2.11. The Labute approximate surface area is 132 Å². The summed E-state index contributed by atoms with van der Waals surface area (Å²) in [6, 6.07) is 6.16. The lowest BCUT2D eigenvalue weighted by Crippen LogP contribution is -2.41. The first-order valence-electron chi connectivity index (χ1n) is 7.22. The number of hydrogen-bond donors (Lipinski definition) is 2. The van der Waals surface area contributed by atoms with E-state index >= 15 is 0 Å². The van der Waals surface area contributed by atoms with E-state index in [0.717, 1.165) is 0 Å². The minimum absolute atomic E-state index is 0.101. The second kappa shape index (κ2) is 7.04. The molecule has 122 valence electrons. The van der Waals surface area contributed by atoms with Gasteiger partial charge in [-0.15, -0.1) is 0 Å². The summed E-state index contributed by atoms with van der Waals surface area (Å²) in [6.45, 7) is 3.76. The predicted molar refractivity (Wildman–Crippen MR) is 81.9 cm³/mol. The number of amides is 1. The van der Waals surface area contributed by atoms with Crippen LogP contribution in [0.3, 0.4) is 0 Å². The van der Waals surface area contributed by atoms with Crippen LogP contribution >= 0.6 is 0 Å². The third kappa shape index (κ3) is 4.38. The monoisotopic (exact) mass is 319 g/mol. The van der Waals surface area contributed by atoms with Gasteiger partial charge in [-0.2, -0.15) is 5.10 Å². The van der Waals surface area contributed by atoms with Crippen molar-refractivity contribution in [3.05, 3.63) is 48.0 Å². The van der Waals surface area contributed by atoms with E-state index in [-0.39, 0.29) is 17.4 Å². The van der Waals surface area contributed by atoms with E-state index in [0.29, 0.717) is 12.1 Å². The molecular weight excluding hydrogens is 301 g/mol. The lowest BCUT2D eigenvalue weighted by Gasteiger charge is -2.15. The van der Waals surface area contributed by atoms with Crippen LogP contribution in [0.1, 0.15) is 30.8 Å². The van der Waals surface area contributed by atoms with E-state index < -0.39 is 17.9 Å². The fraction of sp³-hybridized carbons (Fsp3) is 0.312. The summed E-state index contributed by atoms with van der Waals surface area (Å²) in [5.74, 6) is -1.87. The Kier molecular flexibility index (Phi) is 5.10. The molecule has 0 radical (unpaired) electrons. The van der Waals surface area contributed by atoms with Gasteiger partial charge in [0, 0.05) is 6.20 Å². The zero-order valence-corrected chi connectivity index (χ0v) is 12.9. The van der Waals surface area contributed by atoms with E-state index in [4.69, 9.17) is 5.11 Å². The number of benzene rings is 1. The number of carboxylic acids is 1. The first-order valence-corrected chi connectivity index (χ1v) is 7.22. The van der Waals surface area contributed by atoms with Crippen molar-refractivity contribution in [1.29, 1.82) is 0 Å². The SMILES string of the molecule is CC(C)C[C@@H](NC(=O)c1ccn(-c2ccc(F)cc2)n1)C(=O)O. The molecule has 1 atom stereocenters. The average molecular weight is 319 g/mol. The van der Waals surface area contributed by atoms with Gasteiger partial charge in [0.2, 0.25) is 0 Å². The zero-order chi connectivity index (χ0) is 17.0. The van der Waals surface area contributed by atoms with Gasteiger partial charge in [0.1, 0.15) is 11.9 Å². The Hall–Kier alpha value is -2.70. The number of halogens is 1. The Balaban J connectivity index is 2.11. The van der Waals surface area contributed by atoms with Gasteiger partial charge in [-0.1, -0.05) is 13.8 Å². The van der Waals surface area contributed by atoms with Crippen molar-refractivity contribution in [3.8, 4) is 5.69 Å². The zero-order valence-electron chi connectivity index (χ0n) is 12.9. The van der Waals surface area contributed by atoms with E-state index in [9.17, 15) is 14.0 Å². The first-order chi connectivity index (χ1) is 10.9. The molecule has 0 fully saturated rings. The van der Waals surface area contributed by atoms with Gasteiger partial charge in [0.25, 0.3) is 5.91 Å². The summed E-state index contributed by atoms with van der Waals surface area (Å²) in [7, 11) is 0. The Morgan fingerprint density at radius 2 is 1.91 bits per heavy atom. The molecule has 2 N–H and O–H groups in total. The minimum Gasteiger partial charge on any atom is -0.480 e. The maximum Gasteiger partial charge on any atom is 0.326 e. The largest absolute Gasteiger partial charge is 0.480 e. The maximum absolute atomic E-state index is 12.9. The topological polar surface area (TPSA) is 84.2 Å². The number of carbonyl (C=O) groups is 2. The molecule has 1 heterocycles. The number of nitrogens with one attached hydrogen (secondary N) is 1. The molecule has 23 heavy (non-hydrogen) atoms. The molecule has 0 unspecified atom stereocenters. The van der Waals surface area contributed by atoms with Crippen molar-refractivity contribution >= 4 is 11.9 Å². The molecule has 0 aliphatic rings. The molecule has 0 aliphatic heterocycles. The van der Waals surface area contributed by atoms with E-state index in [2.05, 4.69) is 10.4 Å². The van der Waals surface area contributed by atoms with Gasteiger partial charge >= 0.3 is 5.97 Å². The van der Waals surface area contributed by atoms with Crippen LogP contribution in [-0.4, -0.2) is 32.8 Å². The molecular formula is C16H18FN3O3. The van der Waals surface area contributed by atoms with Crippen molar-refractivity contribution in [1.82, 2.24) is 15.1 Å². The summed E-state index contributed by atoms with van der Waals surface area (Å²) >= 11 is 0. The van der Waals surface area contributed by atoms with E-state index in [1.807, 2.05) is 13.8 Å². The summed E-state index contributed by atoms with van der Waals surface area (Å²) in [6.07, 6.45) is 1.89. The fourth-order valence-electron chi connectivity index (χ4n) is 2.11. The molecule has 0 aliphatic carbocycles. The Morgan fingerprint density at radius 3 is 2.48 bits per heavy atom. The lowest BCUT2D eigenvalue weighted by atomic mass is 10.0. The first kappa shape index (κ1) is 16.7. The van der Waals surface area contributed by atoms with E-state index in [1.165, 1.54) is 35.0 Å². The van der Waals surface area contributed by atoms with Crippen LogP contribution < -0.4 is 5.32 Å². The van der Waals surface area contributed by atoms with Gasteiger partial charge in [0.15, 0.2) is 5.69 Å². The summed E-state index contributed by atoms with van der Waals surface area (Å²) in [5, 5.41) is 15.7. The lowest BCUT2D eigenvalue weighted by molar-refractivity contribution is -0.139. The molecule has 0 spiro atoms. The number of aromatic nitrogens is 2. The number of hydrogen-bond acceptors (Lipinski definition) is 3. The van der Waals surface area contributed by atoms with Crippen LogP contribution in [0.2, 0.25) is 0 Å². The van der Waals surface area contributed by atoms with Crippen molar-refractivity contribution in [2.24, 2.45) is 5.92 Å². The van der Waals surface area contributed by atoms with E-state index in [1.54, 1.807) is 6.20 Å². The number of carbonyl (C=O) groups excluding carboxylic acids is 1. The average Bonchev–Trinajstić information content (AvgIpc) is 2.96. The molecule has 2 rings (SSSR count). The van der Waals surface area contributed by atoms with Gasteiger partial charge in [-0.25, -0.2) is 13.9 Å². The van der Waals surface area contributed by atoms with Gasteiger partial charge < -0.3 is 10.4 Å². The third-order valence-corrected chi connectivity index (χ3v) is 3.22. The quantitative estimate of drug-likeness (QED) is 0.855. The molecule has 0 saturated carbocycles. The molecule has 1 aromatic carbocycles. The number of nitrogens with zero attached hydrogens (tertiary/aromatic N) is 2. The molecule has 1 amide bonds. The highest BCUT2D eigenvalue weighted by atomic mass is 19.1. The standard InChI is InChI=1S/C16H18FN3O3/c1-10(2)9-14(16(22)23)18-15(21)13-7-8-20(19-13)12-5-3-11(17)4-6-12/h3-8,10,14H,9H2,1-2H3,(H,18,21)(H,22,23)/t14-/m1/s1. The van der Waals surface area contributed by atoms with Crippen LogP contribution in [0.5, 0.6) is 0 Å². The highest BCUT2D eigenvalue weighted by Gasteiger charge is 2.22. The second-order valence-electron chi connectivity index (χ2n) is 5.62. The molecule has 0 bridgehead atoms. The number of rotatable bonds is 6. The maximum atomic E-state index is 12.9. The smallest absolute Gasteiger partial charge is 0.326 e. The number of aliphatic carboxylic acids is 1. The van der Waals surface area contributed by atoms with Crippen LogP contribution in [0.15, 0.2) is 36.5 Å². The molecule has 6 nitrogen and oxygen atoms in total. The van der Waals surface area contributed by atoms with Gasteiger partial charge in [0.05, 0.1) is 5.69 Å². The summed E-state index contributed by atoms with van der Waals surface area (Å²) in [5.41, 5.74) is 0.701. The van der Waals surface area contributed by atoms with Crippen LogP contribution in [0, 0.1) is 11.7 Å². The highest BCUT2D eigenvalue weighted by molar-refractivity contribution is 5.94. The Bertz CT molecular complexity index is 695. The highest BCUT2D eigenvalue weighted by Crippen LogP contribution is 2.10.